The Hall–Kier alpha value is -7.18. The smallest absolute Gasteiger partial charge is 0.310 e. The van der Waals surface area contributed by atoms with Gasteiger partial charge < -0.3 is 24.4 Å². The minimum absolute atomic E-state index is 0.0349. The third-order valence-electron chi connectivity index (χ3n) is 21.4. The number of hydrogen-bond donors (Lipinski definition) is 3. The second-order valence-electron chi connectivity index (χ2n) is 28.7. The summed E-state index contributed by atoms with van der Waals surface area (Å²) in [5.41, 5.74) is 1.63. The van der Waals surface area contributed by atoms with Gasteiger partial charge in [-0.1, -0.05) is 158 Å². The van der Waals surface area contributed by atoms with Gasteiger partial charge in [-0.15, -0.1) is 0 Å². The number of nitrogens with zero attached hydrogens (tertiary/aromatic N) is 4. The van der Waals surface area contributed by atoms with E-state index >= 15 is 0 Å². The maximum absolute atomic E-state index is 14.5. The first-order valence-corrected chi connectivity index (χ1v) is 39.1. The van der Waals surface area contributed by atoms with Crippen molar-refractivity contribution in [2.75, 3.05) is 13.1 Å². The number of carboxylic acids is 1. The molecule has 8 aliphatic rings. The maximum Gasteiger partial charge on any atom is 0.310 e. The average molecular weight is 1400 g/mol. The number of fused-ring (bicyclic) bond motifs is 6. The molecule has 10 atom stereocenters. The van der Waals surface area contributed by atoms with Gasteiger partial charge >= 0.3 is 5.97 Å². The lowest BCUT2D eigenvalue weighted by molar-refractivity contribution is -0.147. The first-order valence-electron chi connectivity index (χ1n) is 34.4. The Balaban J connectivity index is 0.000000167. The van der Waals surface area contributed by atoms with Gasteiger partial charge in [-0.05, 0) is 151 Å². The normalized spacial score (nSPS) is 29.3. The molecule has 6 heterocycles. The largest absolute Gasteiger partial charge is 0.481 e. The van der Waals surface area contributed by atoms with Crippen LogP contribution in [0.3, 0.4) is 0 Å². The van der Waals surface area contributed by atoms with Gasteiger partial charge in [0.1, 0.15) is 12.2 Å². The highest BCUT2D eigenvalue weighted by Gasteiger charge is 2.64. The van der Waals surface area contributed by atoms with Crippen molar-refractivity contribution in [2.24, 2.45) is 39.6 Å². The van der Waals surface area contributed by atoms with Crippen molar-refractivity contribution in [1.82, 2.24) is 24.5 Å². The number of carbonyl (C=O) groups is 6. The van der Waals surface area contributed by atoms with Crippen LogP contribution >= 0.6 is 22.7 Å². The van der Waals surface area contributed by atoms with E-state index in [1.165, 1.54) is 22.7 Å². The van der Waals surface area contributed by atoms with E-state index in [2.05, 4.69) is 26.8 Å². The standard InChI is InChI=1S/C37H43N3O6S2.C33H36N2O5S.C4H9NO2S/c1-36(18-19-36)48(44,45)39-34(43)37-22-27(37)15-9-4-2-3-8-14-26(20-25-12-6-5-7-13-25)33(42)40-24-28(21-30(40)31(41)23-37)46-35-38-29-16-10-11-17-32(29)47-35;36-28-20-33(31(38)39)19-24(33)14-8-3-1-2-7-13-23(17-22-11-5-4-6-12-22)30(37)35-21-25(18-27(28)35)40-32-34-26-15-9-10-16-29(26)41-32;1-4(2-3-4)8(5,6)7/h5-7,9-13,15-17,26-28,30H,2-4,8,14,18-24H2,1H3,(H,39,43);4-6,8-12,14-16,23-25,27H,1-3,7,13,17-21H2,(H,38,39);2-3H2,1H3,(H2,5,6,7)/b15-9-;14-8-;/t26-,27-,28-,30+,37-;23-,24-,25-,27+,33-;/m11./s1. The zero-order valence-electron chi connectivity index (χ0n) is 55.1. The van der Waals surface area contributed by atoms with Gasteiger partial charge in [0.15, 0.2) is 11.6 Å². The molecular weight excluding hydrogens is 1310 g/mol. The topological polar surface area (TPSA) is 280 Å². The lowest BCUT2D eigenvalue weighted by Gasteiger charge is -2.29. The number of primary sulfonamides is 1. The summed E-state index contributed by atoms with van der Waals surface area (Å²) >= 11 is 2.88. The number of benzene rings is 4. The van der Waals surface area contributed by atoms with Crippen LogP contribution in [0.15, 0.2) is 133 Å². The number of amides is 3. The number of rotatable bonds is 13. The maximum atomic E-state index is 14.5. The molecule has 23 heteroatoms. The number of ketones is 2. The van der Waals surface area contributed by atoms with Crippen LogP contribution in [-0.4, -0.2) is 124 Å². The van der Waals surface area contributed by atoms with E-state index < -0.39 is 70.4 Å². The van der Waals surface area contributed by atoms with Crippen LogP contribution in [0.4, 0.5) is 0 Å². The Morgan fingerprint density at radius 3 is 1.43 bits per heavy atom. The monoisotopic (exact) mass is 1400 g/mol. The summed E-state index contributed by atoms with van der Waals surface area (Å²) in [5.74, 6) is -2.98. The Kier molecular flexibility index (Phi) is 20.8. The Morgan fingerprint density at radius 2 is 1.01 bits per heavy atom. The van der Waals surface area contributed by atoms with Gasteiger partial charge in [-0.2, -0.15) is 0 Å². The highest BCUT2D eigenvalue weighted by Crippen LogP contribution is 2.59. The quantitative estimate of drug-likeness (QED) is 0.0906. The lowest BCUT2D eigenvalue weighted by atomic mass is 9.90. The van der Waals surface area contributed by atoms with Gasteiger partial charge in [0, 0.05) is 37.5 Å². The molecule has 4 aliphatic heterocycles. The van der Waals surface area contributed by atoms with Crippen molar-refractivity contribution in [3.63, 3.8) is 0 Å². The molecule has 0 radical (unpaired) electrons. The number of thiazole rings is 2. The molecular formula is C74H88N6O13S4. The van der Waals surface area contributed by atoms with Crippen LogP contribution in [0.25, 0.3) is 20.4 Å². The number of sulfonamides is 2. The summed E-state index contributed by atoms with van der Waals surface area (Å²) < 4.78 is 62.7. The second kappa shape index (κ2) is 29.0. The highest BCUT2D eigenvalue weighted by molar-refractivity contribution is 7.91. The van der Waals surface area contributed by atoms with Gasteiger partial charge in [0.2, 0.25) is 37.8 Å². The van der Waals surface area contributed by atoms with Crippen molar-refractivity contribution < 1.29 is 60.2 Å². The summed E-state index contributed by atoms with van der Waals surface area (Å²) in [6, 6.07) is 34.1. The molecule has 4 aromatic carbocycles. The fraction of sp³-hybridized carbons (Fsp3) is 0.514. The highest BCUT2D eigenvalue weighted by atomic mass is 32.2. The number of allylic oxidation sites excluding steroid dienone is 4. The number of carbonyl (C=O) groups excluding carboxylic acids is 5. The summed E-state index contributed by atoms with van der Waals surface area (Å²) in [4.78, 5) is 95.8. The molecule has 0 unspecified atom stereocenters. The minimum atomic E-state index is -3.87. The Bertz CT molecular complexity index is 4120. The molecule has 0 spiro atoms. The molecule has 2 saturated heterocycles. The summed E-state index contributed by atoms with van der Waals surface area (Å²) in [6.07, 6.45) is 21.1. The van der Waals surface area contributed by atoms with Crippen molar-refractivity contribution in [3.05, 3.63) is 145 Å². The van der Waals surface area contributed by atoms with E-state index in [1.54, 1.807) is 23.6 Å². The molecule has 97 heavy (non-hydrogen) atoms. The number of ether oxygens (including phenoxy) is 2. The minimum Gasteiger partial charge on any atom is -0.481 e. The summed E-state index contributed by atoms with van der Waals surface area (Å²) in [5, 5.41) is 16.0. The number of nitrogens with one attached hydrogen (secondary N) is 1. The SMILES string of the molecule is CC1(S(=O)(=O)NC(=O)[C@]23CC(=O)[C@@H]4C[C@@H](Oc5nc6ccccc6s5)CN4C(=O)[C@@H](Cc4ccccc4)CCCCC/C=C\[C@@H]2C3)CC1.CC1(S(N)(=O)=O)CC1.O=C1C[C@]2(C(=O)O)C[C@H]2/C=C\CCCCC[C@H](Cc2ccccc2)C(=O)N2C[C@H](Oc3nc4ccccc4s3)C[C@@H]12. The molecule has 2 aromatic heterocycles. The zero-order chi connectivity index (χ0) is 68.3. The third-order valence-corrected chi connectivity index (χ3v) is 27.2. The predicted molar refractivity (Wildman–Crippen MR) is 373 cm³/mol. The summed E-state index contributed by atoms with van der Waals surface area (Å²) in [7, 11) is -7.10. The van der Waals surface area contributed by atoms with E-state index in [4.69, 9.17) is 14.6 Å². The molecule has 516 valence electrons. The van der Waals surface area contributed by atoms with Crippen LogP contribution in [0.2, 0.25) is 0 Å². The van der Waals surface area contributed by atoms with Crippen molar-refractivity contribution in [2.45, 2.75) is 189 Å². The number of carboxylic acid groups (broad SMARTS) is 1. The van der Waals surface area contributed by atoms with Gasteiger partial charge in [0.05, 0.1) is 65.9 Å². The van der Waals surface area contributed by atoms with Gasteiger partial charge in [0.25, 0.3) is 10.4 Å². The number of hydrogen-bond acceptors (Lipinski definition) is 16. The number of para-hydroxylation sites is 2. The molecule has 4 saturated carbocycles. The molecule has 6 fully saturated rings. The van der Waals surface area contributed by atoms with Crippen molar-refractivity contribution in [3.8, 4) is 10.4 Å². The lowest BCUT2D eigenvalue weighted by Crippen LogP contribution is -2.47. The fourth-order valence-corrected chi connectivity index (χ4v) is 18.1. The summed E-state index contributed by atoms with van der Waals surface area (Å²) in [6.45, 7) is 3.85. The molecule has 4 N–H and O–H groups in total. The predicted octanol–water partition coefficient (Wildman–Crippen LogP) is 11.9. The van der Waals surface area contributed by atoms with E-state index in [0.29, 0.717) is 68.3 Å². The van der Waals surface area contributed by atoms with Crippen molar-refractivity contribution >= 4 is 98.4 Å². The molecule has 6 aromatic rings. The number of aliphatic carboxylic acids is 1. The Morgan fingerprint density at radius 1 is 0.588 bits per heavy atom. The van der Waals surface area contributed by atoms with Crippen LogP contribution < -0.4 is 19.3 Å². The van der Waals surface area contributed by atoms with Crippen LogP contribution in [0.5, 0.6) is 10.4 Å². The first-order chi connectivity index (χ1) is 46.4. The first kappa shape index (κ1) is 69.7. The van der Waals surface area contributed by atoms with Gasteiger partial charge in [-0.25, -0.2) is 31.9 Å². The number of Topliss-reactive ketones (excluding diaryl/α,β-unsaturated/α-hetero) is 2. The molecule has 14 rings (SSSR count). The van der Waals surface area contributed by atoms with Crippen LogP contribution in [0.1, 0.15) is 153 Å². The van der Waals surface area contributed by atoms with Crippen LogP contribution in [-0.2, 0) is 61.7 Å². The second-order valence-corrected chi connectivity index (χ2v) is 34.9. The van der Waals surface area contributed by atoms with E-state index in [9.17, 15) is 50.7 Å². The number of aromatic nitrogens is 2. The average Bonchev–Trinajstić information content (AvgIpc) is 1.57. The van der Waals surface area contributed by atoms with E-state index in [0.717, 1.165) is 102 Å². The zero-order valence-corrected chi connectivity index (χ0v) is 58.4. The number of nitrogens with two attached hydrogens (primary N) is 1. The van der Waals surface area contributed by atoms with Crippen LogP contribution in [0, 0.1) is 34.5 Å². The van der Waals surface area contributed by atoms with Gasteiger partial charge in [-0.3, -0.25) is 33.5 Å². The molecule has 3 amide bonds. The molecule has 0 bridgehead atoms. The Labute approximate surface area is 576 Å². The van der Waals surface area contributed by atoms with E-state index in [-0.39, 0.29) is 79.0 Å². The van der Waals surface area contributed by atoms with E-state index in [1.807, 2.05) is 121 Å². The molecule has 19 nitrogen and oxygen atoms in total. The molecule has 4 aliphatic carbocycles. The van der Waals surface area contributed by atoms with Crippen molar-refractivity contribution in [1.29, 1.82) is 0 Å². The fourth-order valence-electron chi connectivity index (χ4n) is 14.4. The third kappa shape index (κ3) is 16.1.